The van der Waals surface area contributed by atoms with E-state index >= 15 is 0 Å². The quantitative estimate of drug-likeness (QED) is 0.159. The van der Waals surface area contributed by atoms with Crippen molar-refractivity contribution in [2.75, 3.05) is 0 Å². The standard InChI is InChI=1S/C39H34N4O.Pt/c1-38(2,3)28-19-21-40-37(24-28)43-35-18-15-29(39(4,5)27-11-7-6-8-12-27)23-34(35)33-17-16-32(26-36(33)43)44-31-14-9-13-30(25-31)42-22-10-20-41-42;/h6-24H,1-5H3;/q-2;+2. The maximum absolute atomic E-state index is 6.34. The first-order chi connectivity index (χ1) is 21.2. The van der Waals surface area contributed by atoms with E-state index in [1.54, 1.807) is 10.9 Å². The van der Waals surface area contributed by atoms with Crippen molar-refractivity contribution < 1.29 is 25.8 Å². The summed E-state index contributed by atoms with van der Waals surface area (Å²) in [4.78, 5) is 4.85. The van der Waals surface area contributed by atoms with Crippen molar-refractivity contribution in [2.45, 2.75) is 45.4 Å². The number of nitrogens with zero attached hydrogens (tertiary/aromatic N) is 4. The van der Waals surface area contributed by atoms with Crippen molar-refractivity contribution in [3.8, 4) is 23.0 Å². The van der Waals surface area contributed by atoms with Gasteiger partial charge in [-0.2, -0.15) is 17.2 Å². The zero-order valence-corrected chi connectivity index (χ0v) is 28.3. The Bertz CT molecular complexity index is 2110. The molecule has 226 valence electrons. The summed E-state index contributed by atoms with van der Waals surface area (Å²) >= 11 is 0. The molecular weight excluding hydrogens is 736 g/mol. The van der Waals surface area contributed by atoms with Gasteiger partial charge in [-0.3, -0.25) is 4.68 Å². The zero-order valence-electron chi connectivity index (χ0n) is 26.0. The molecule has 6 heteroatoms. The van der Waals surface area contributed by atoms with E-state index in [1.165, 1.54) is 16.7 Å². The largest absolute Gasteiger partial charge is 2.00 e. The predicted octanol–water partition coefficient (Wildman–Crippen LogP) is 9.38. The first kappa shape index (κ1) is 30.6. The van der Waals surface area contributed by atoms with Crippen LogP contribution in [0.15, 0.2) is 116 Å². The van der Waals surface area contributed by atoms with Crippen molar-refractivity contribution in [3.63, 3.8) is 0 Å². The van der Waals surface area contributed by atoms with Crippen LogP contribution in [0.3, 0.4) is 0 Å². The number of rotatable bonds is 6. The summed E-state index contributed by atoms with van der Waals surface area (Å²) in [6.45, 7) is 11.2. The van der Waals surface area contributed by atoms with Gasteiger partial charge >= 0.3 is 21.1 Å². The molecule has 4 aromatic carbocycles. The second kappa shape index (κ2) is 11.8. The van der Waals surface area contributed by atoms with Crippen LogP contribution in [0.1, 0.15) is 51.3 Å². The van der Waals surface area contributed by atoms with Crippen LogP contribution in [0.25, 0.3) is 33.3 Å². The minimum Gasteiger partial charge on any atom is -0.509 e. The van der Waals surface area contributed by atoms with E-state index in [1.807, 2.05) is 42.7 Å². The molecule has 7 aromatic rings. The number of ether oxygens (including phenoxy) is 1. The third kappa shape index (κ3) is 5.73. The normalized spacial score (nSPS) is 11.9. The fourth-order valence-corrected chi connectivity index (χ4v) is 5.80. The molecule has 0 fully saturated rings. The molecule has 0 aliphatic carbocycles. The van der Waals surface area contributed by atoms with Crippen LogP contribution >= 0.6 is 0 Å². The Hall–Kier alpha value is -4.47. The summed E-state index contributed by atoms with van der Waals surface area (Å²) in [5.74, 6) is 2.05. The summed E-state index contributed by atoms with van der Waals surface area (Å²) in [6, 6.07) is 40.4. The van der Waals surface area contributed by atoms with E-state index in [2.05, 4.69) is 123 Å². The summed E-state index contributed by atoms with van der Waals surface area (Å²) < 4.78 is 10.3. The number of hydrogen-bond acceptors (Lipinski definition) is 3. The number of benzene rings is 4. The molecule has 7 rings (SSSR count). The number of aromatic nitrogens is 4. The predicted molar refractivity (Wildman–Crippen MR) is 177 cm³/mol. The molecule has 0 amide bonds. The first-order valence-electron chi connectivity index (χ1n) is 14.9. The van der Waals surface area contributed by atoms with E-state index < -0.39 is 0 Å². The molecule has 0 aliphatic rings. The summed E-state index contributed by atoms with van der Waals surface area (Å²) in [6.07, 6.45) is 5.53. The zero-order chi connectivity index (χ0) is 30.5. The molecule has 0 bridgehead atoms. The molecule has 0 N–H and O–H groups in total. The maximum atomic E-state index is 6.34. The van der Waals surface area contributed by atoms with Crippen molar-refractivity contribution in [1.82, 2.24) is 19.3 Å². The average molecular weight is 770 g/mol. The summed E-state index contributed by atoms with van der Waals surface area (Å²) in [5, 5.41) is 6.57. The van der Waals surface area contributed by atoms with Gasteiger partial charge in [0.25, 0.3) is 0 Å². The van der Waals surface area contributed by atoms with E-state index in [-0.39, 0.29) is 31.9 Å². The molecule has 45 heavy (non-hydrogen) atoms. The Labute approximate surface area is 278 Å². The molecule has 3 heterocycles. The molecule has 0 radical (unpaired) electrons. The molecule has 0 aliphatic heterocycles. The van der Waals surface area contributed by atoms with Gasteiger partial charge in [-0.15, -0.1) is 35.7 Å². The van der Waals surface area contributed by atoms with E-state index in [4.69, 9.17) is 9.72 Å². The van der Waals surface area contributed by atoms with Gasteiger partial charge in [-0.05, 0) is 57.4 Å². The van der Waals surface area contributed by atoms with Gasteiger partial charge in [0.1, 0.15) is 5.82 Å². The van der Waals surface area contributed by atoms with Crippen molar-refractivity contribution in [1.29, 1.82) is 0 Å². The third-order valence-corrected chi connectivity index (χ3v) is 8.43. The Morgan fingerprint density at radius 3 is 2.22 bits per heavy atom. The molecule has 0 atom stereocenters. The number of pyridine rings is 1. The molecule has 5 nitrogen and oxygen atoms in total. The van der Waals surface area contributed by atoms with Crippen LogP contribution < -0.4 is 4.74 Å². The van der Waals surface area contributed by atoms with Crippen molar-refractivity contribution in [2.24, 2.45) is 0 Å². The smallest absolute Gasteiger partial charge is 0.509 e. The van der Waals surface area contributed by atoms with Gasteiger partial charge in [0.2, 0.25) is 0 Å². The van der Waals surface area contributed by atoms with Crippen LogP contribution in [0.5, 0.6) is 11.5 Å². The van der Waals surface area contributed by atoms with Crippen LogP contribution in [-0.2, 0) is 31.9 Å². The molecule has 0 spiro atoms. The van der Waals surface area contributed by atoms with E-state index in [9.17, 15) is 0 Å². The Kier molecular flexibility index (Phi) is 8.01. The second-order valence-corrected chi connectivity index (χ2v) is 12.7. The Balaban J connectivity index is 0.00000357. The van der Waals surface area contributed by atoms with Gasteiger partial charge in [0.15, 0.2) is 0 Å². The molecule has 0 unspecified atom stereocenters. The van der Waals surface area contributed by atoms with E-state index in [0.717, 1.165) is 33.3 Å². The minimum atomic E-state index is -0.170. The molecule has 0 saturated heterocycles. The van der Waals surface area contributed by atoms with Crippen LogP contribution in [0.4, 0.5) is 0 Å². The third-order valence-electron chi connectivity index (χ3n) is 8.43. The number of hydrogen-bond donors (Lipinski definition) is 0. The average Bonchev–Trinajstić information content (AvgIpc) is 3.68. The van der Waals surface area contributed by atoms with Gasteiger partial charge < -0.3 is 9.30 Å². The fraction of sp³-hybridized carbons (Fsp3) is 0.179. The van der Waals surface area contributed by atoms with Crippen LogP contribution in [-0.4, -0.2) is 19.3 Å². The fourth-order valence-electron chi connectivity index (χ4n) is 5.80. The van der Waals surface area contributed by atoms with Gasteiger partial charge in [-0.25, -0.2) is 4.98 Å². The number of fused-ring (bicyclic) bond motifs is 3. The monoisotopic (exact) mass is 769 g/mol. The van der Waals surface area contributed by atoms with E-state index in [0.29, 0.717) is 11.5 Å². The van der Waals surface area contributed by atoms with Crippen LogP contribution in [0, 0.1) is 12.1 Å². The minimum absolute atomic E-state index is 0. The maximum Gasteiger partial charge on any atom is 2.00 e. The molecule has 0 saturated carbocycles. The Morgan fingerprint density at radius 2 is 1.47 bits per heavy atom. The first-order valence-corrected chi connectivity index (χ1v) is 14.9. The van der Waals surface area contributed by atoms with Crippen LogP contribution in [0.2, 0.25) is 0 Å². The Morgan fingerprint density at radius 1 is 0.667 bits per heavy atom. The summed E-state index contributed by atoms with van der Waals surface area (Å²) in [5.41, 5.74) is 6.35. The van der Waals surface area contributed by atoms with Crippen molar-refractivity contribution >= 4 is 21.8 Å². The topological polar surface area (TPSA) is 44.9 Å². The SMILES string of the molecule is CC(C)(C)c1ccnc(-n2c3[c-]c(Oc4[c-]c(-n5cccn5)ccc4)ccc3c3cc(C(C)(C)c4ccccc4)ccc32)c1.[Pt+2]. The second-order valence-electron chi connectivity index (χ2n) is 12.7. The van der Waals surface area contributed by atoms with Gasteiger partial charge in [0, 0.05) is 41.0 Å². The van der Waals surface area contributed by atoms with Crippen molar-refractivity contribution in [3.05, 3.63) is 144 Å². The van der Waals surface area contributed by atoms with Gasteiger partial charge in [0.05, 0.1) is 0 Å². The molecule has 3 aromatic heterocycles. The molecular formula is C39H34N4OPt. The van der Waals surface area contributed by atoms with Gasteiger partial charge in [-0.1, -0.05) is 82.6 Å². The summed E-state index contributed by atoms with van der Waals surface area (Å²) in [7, 11) is 0.